The quantitative estimate of drug-likeness (QED) is 0.784. The molecule has 1 N–H and O–H groups in total. The van der Waals surface area contributed by atoms with Crippen molar-refractivity contribution in [2.45, 2.75) is 43.5 Å². The van der Waals surface area contributed by atoms with Crippen molar-refractivity contribution in [2.75, 3.05) is 12.3 Å². The van der Waals surface area contributed by atoms with E-state index in [4.69, 9.17) is 0 Å². The van der Waals surface area contributed by atoms with Crippen LogP contribution in [-0.4, -0.2) is 23.3 Å². The number of thioether (sulfide) groups is 1. The lowest BCUT2D eigenvalue weighted by Gasteiger charge is -2.23. The SMILES string of the molecule is CCNC(CSc1ccncc1)C1CCCC1. The maximum Gasteiger partial charge on any atom is 0.0278 e. The summed E-state index contributed by atoms with van der Waals surface area (Å²) >= 11 is 1.95. The molecular weight excluding hydrogens is 228 g/mol. The van der Waals surface area contributed by atoms with E-state index < -0.39 is 0 Å². The molecule has 0 radical (unpaired) electrons. The fraction of sp³-hybridized carbons (Fsp3) is 0.643. The maximum atomic E-state index is 4.06. The van der Waals surface area contributed by atoms with Crippen molar-refractivity contribution in [1.82, 2.24) is 10.3 Å². The molecule has 1 fully saturated rings. The van der Waals surface area contributed by atoms with Crippen LogP contribution in [0.1, 0.15) is 32.6 Å². The normalized spacial score (nSPS) is 18.4. The smallest absolute Gasteiger partial charge is 0.0278 e. The highest BCUT2D eigenvalue weighted by molar-refractivity contribution is 7.99. The van der Waals surface area contributed by atoms with E-state index in [2.05, 4.69) is 29.4 Å². The van der Waals surface area contributed by atoms with Gasteiger partial charge in [-0.3, -0.25) is 4.98 Å². The van der Waals surface area contributed by atoms with E-state index in [9.17, 15) is 0 Å². The van der Waals surface area contributed by atoms with Crippen molar-refractivity contribution >= 4 is 11.8 Å². The first-order valence-electron chi connectivity index (χ1n) is 6.66. The van der Waals surface area contributed by atoms with Gasteiger partial charge in [0.1, 0.15) is 0 Å². The number of aromatic nitrogens is 1. The number of pyridine rings is 1. The van der Waals surface area contributed by atoms with E-state index in [1.165, 1.54) is 36.3 Å². The summed E-state index contributed by atoms with van der Waals surface area (Å²) in [5.41, 5.74) is 0. The van der Waals surface area contributed by atoms with Gasteiger partial charge in [0.15, 0.2) is 0 Å². The average molecular weight is 250 g/mol. The zero-order chi connectivity index (χ0) is 11.9. The summed E-state index contributed by atoms with van der Waals surface area (Å²) < 4.78 is 0. The minimum atomic E-state index is 0.681. The van der Waals surface area contributed by atoms with Crippen LogP contribution in [0.3, 0.4) is 0 Å². The van der Waals surface area contributed by atoms with E-state index in [1.54, 1.807) is 0 Å². The van der Waals surface area contributed by atoms with Crippen LogP contribution in [0.5, 0.6) is 0 Å². The molecule has 2 rings (SSSR count). The van der Waals surface area contributed by atoms with Gasteiger partial charge in [-0.1, -0.05) is 19.8 Å². The standard InChI is InChI=1S/C14H22N2S/c1-2-16-14(12-5-3-4-6-12)11-17-13-7-9-15-10-8-13/h7-10,12,14,16H,2-6,11H2,1H3. The van der Waals surface area contributed by atoms with Gasteiger partial charge >= 0.3 is 0 Å². The Morgan fingerprint density at radius 3 is 2.71 bits per heavy atom. The summed E-state index contributed by atoms with van der Waals surface area (Å²) in [4.78, 5) is 5.39. The molecule has 1 aliphatic rings. The summed E-state index contributed by atoms with van der Waals surface area (Å²) in [5, 5.41) is 3.66. The van der Waals surface area contributed by atoms with Crippen LogP contribution in [0.4, 0.5) is 0 Å². The molecule has 0 bridgehead atoms. The van der Waals surface area contributed by atoms with E-state index >= 15 is 0 Å². The third kappa shape index (κ3) is 4.00. The minimum Gasteiger partial charge on any atom is -0.313 e. The van der Waals surface area contributed by atoms with Gasteiger partial charge in [-0.2, -0.15) is 0 Å². The molecule has 0 aliphatic heterocycles. The fourth-order valence-electron chi connectivity index (χ4n) is 2.60. The van der Waals surface area contributed by atoms with Crippen molar-refractivity contribution in [3.8, 4) is 0 Å². The zero-order valence-electron chi connectivity index (χ0n) is 10.6. The second kappa shape index (κ2) is 7.02. The van der Waals surface area contributed by atoms with Gasteiger partial charge in [0, 0.05) is 29.1 Å². The third-order valence-electron chi connectivity index (χ3n) is 3.51. The second-order valence-corrected chi connectivity index (χ2v) is 5.80. The molecule has 1 saturated carbocycles. The summed E-state index contributed by atoms with van der Waals surface area (Å²) in [6.07, 6.45) is 9.42. The Labute approximate surface area is 109 Å². The van der Waals surface area contributed by atoms with Crippen molar-refractivity contribution in [3.63, 3.8) is 0 Å². The van der Waals surface area contributed by atoms with Crippen LogP contribution in [-0.2, 0) is 0 Å². The fourth-order valence-corrected chi connectivity index (χ4v) is 3.68. The van der Waals surface area contributed by atoms with Crippen LogP contribution in [0.25, 0.3) is 0 Å². The monoisotopic (exact) mass is 250 g/mol. The van der Waals surface area contributed by atoms with Crippen LogP contribution < -0.4 is 5.32 Å². The minimum absolute atomic E-state index is 0.681. The molecule has 1 unspecified atom stereocenters. The van der Waals surface area contributed by atoms with Crippen molar-refractivity contribution in [2.24, 2.45) is 5.92 Å². The number of nitrogens with one attached hydrogen (secondary N) is 1. The molecule has 1 atom stereocenters. The van der Waals surface area contributed by atoms with Crippen LogP contribution in [0, 0.1) is 5.92 Å². The summed E-state index contributed by atoms with van der Waals surface area (Å²) in [6, 6.07) is 4.88. The number of rotatable bonds is 6. The number of hydrogen-bond acceptors (Lipinski definition) is 3. The molecule has 17 heavy (non-hydrogen) atoms. The van der Waals surface area contributed by atoms with E-state index in [0.717, 1.165) is 12.5 Å². The largest absolute Gasteiger partial charge is 0.313 e. The summed E-state index contributed by atoms with van der Waals surface area (Å²) in [7, 11) is 0. The maximum absolute atomic E-state index is 4.06. The Morgan fingerprint density at radius 1 is 1.35 bits per heavy atom. The van der Waals surface area contributed by atoms with E-state index in [-0.39, 0.29) is 0 Å². The highest BCUT2D eigenvalue weighted by Gasteiger charge is 2.24. The average Bonchev–Trinajstić information content (AvgIpc) is 2.89. The molecule has 0 aromatic carbocycles. The molecule has 1 aromatic heterocycles. The highest BCUT2D eigenvalue weighted by Crippen LogP contribution is 2.30. The Bertz CT molecular complexity index is 309. The topological polar surface area (TPSA) is 24.9 Å². The van der Waals surface area contributed by atoms with Gasteiger partial charge in [-0.05, 0) is 37.4 Å². The van der Waals surface area contributed by atoms with Crippen molar-refractivity contribution in [3.05, 3.63) is 24.5 Å². The zero-order valence-corrected chi connectivity index (χ0v) is 11.4. The third-order valence-corrected chi connectivity index (χ3v) is 4.65. The first-order valence-corrected chi connectivity index (χ1v) is 7.65. The highest BCUT2D eigenvalue weighted by atomic mass is 32.2. The Morgan fingerprint density at radius 2 is 2.06 bits per heavy atom. The first kappa shape index (κ1) is 12.9. The molecule has 3 heteroatoms. The summed E-state index contributed by atoms with van der Waals surface area (Å²) in [6.45, 7) is 3.29. The lowest BCUT2D eigenvalue weighted by Crippen LogP contribution is -2.37. The van der Waals surface area contributed by atoms with Gasteiger partial charge in [0.2, 0.25) is 0 Å². The predicted molar refractivity (Wildman–Crippen MR) is 74.4 cm³/mol. The predicted octanol–water partition coefficient (Wildman–Crippen LogP) is 3.34. The summed E-state index contributed by atoms with van der Waals surface area (Å²) in [5.74, 6) is 2.08. The lowest BCUT2D eigenvalue weighted by molar-refractivity contribution is 0.394. The lowest BCUT2D eigenvalue weighted by atomic mass is 10.00. The Balaban J connectivity index is 1.84. The Hall–Kier alpha value is -0.540. The second-order valence-electron chi connectivity index (χ2n) is 4.70. The molecule has 1 heterocycles. The van der Waals surface area contributed by atoms with E-state index in [0.29, 0.717) is 6.04 Å². The first-order chi connectivity index (χ1) is 8.40. The van der Waals surface area contributed by atoms with Gasteiger partial charge in [-0.15, -0.1) is 11.8 Å². The van der Waals surface area contributed by atoms with Gasteiger partial charge < -0.3 is 5.32 Å². The van der Waals surface area contributed by atoms with E-state index in [1.807, 2.05) is 24.2 Å². The number of nitrogens with zero attached hydrogens (tertiary/aromatic N) is 1. The van der Waals surface area contributed by atoms with Crippen molar-refractivity contribution in [1.29, 1.82) is 0 Å². The molecule has 0 amide bonds. The Kier molecular flexibility index (Phi) is 5.33. The molecular formula is C14H22N2S. The van der Waals surface area contributed by atoms with Gasteiger partial charge in [0.25, 0.3) is 0 Å². The molecule has 0 saturated heterocycles. The molecule has 2 nitrogen and oxygen atoms in total. The van der Waals surface area contributed by atoms with Crippen LogP contribution in [0.2, 0.25) is 0 Å². The molecule has 0 spiro atoms. The van der Waals surface area contributed by atoms with Gasteiger partial charge in [-0.25, -0.2) is 0 Å². The van der Waals surface area contributed by atoms with Crippen LogP contribution >= 0.6 is 11.8 Å². The number of hydrogen-bond donors (Lipinski definition) is 1. The molecule has 94 valence electrons. The van der Waals surface area contributed by atoms with Gasteiger partial charge in [0.05, 0.1) is 0 Å². The van der Waals surface area contributed by atoms with Crippen molar-refractivity contribution < 1.29 is 0 Å². The van der Waals surface area contributed by atoms with Crippen LogP contribution in [0.15, 0.2) is 29.4 Å². The molecule has 1 aromatic rings. The molecule has 1 aliphatic carbocycles.